The lowest BCUT2D eigenvalue weighted by Crippen LogP contribution is -2.70. The van der Waals surface area contributed by atoms with E-state index in [0.29, 0.717) is 13.1 Å². The minimum atomic E-state index is -0.953. The van der Waals surface area contributed by atoms with Gasteiger partial charge in [0.1, 0.15) is 0 Å². The molecule has 0 radical (unpaired) electrons. The molecular formula is C36H38Cl2N2O. The molecule has 4 aromatic carbocycles. The van der Waals surface area contributed by atoms with E-state index in [9.17, 15) is 0 Å². The first-order valence-electron chi connectivity index (χ1n) is 14.3. The van der Waals surface area contributed by atoms with Crippen LogP contribution in [0.4, 0.5) is 0 Å². The second-order valence-corrected chi connectivity index (χ2v) is 12.3. The van der Waals surface area contributed by atoms with Gasteiger partial charge in [-0.25, -0.2) is 0 Å². The molecule has 5 heteroatoms. The minimum Gasteiger partial charge on any atom is -0.305 e. The molecule has 3 nitrogen and oxygen atoms in total. The van der Waals surface area contributed by atoms with Crippen molar-refractivity contribution >= 4 is 29.8 Å². The van der Waals surface area contributed by atoms with Gasteiger partial charge in [-0.3, -0.25) is 4.79 Å². The van der Waals surface area contributed by atoms with Gasteiger partial charge in [0.15, 0.2) is 5.78 Å². The van der Waals surface area contributed by atoms with Gasteiger partial charge in [-0.2, -0.15) is 0 Å². The maximum absolute atomic E-state index is 15.4. The Hall–Kier alpha value is -2.95. The summed E-state index contributed by atoms with van der Waals surface area (Å²) in [5.74, 6) is -0.203. The lowest BCUT2D eigenvalue weighted by atomic mass is 9.51. The molecule has 2 fully saturated rings. The monoisotopic (exact) mass is 584 g/mol. The van der Waals surface area contributed by atoms with Crippen molar-refractivity contribution in [2.75, 3.05) is 40.3 Å². The van der Waals surface area contributed by atoms with Crippen molar-refractivity contribution in [1.29, 1.82) is 0 Å². The van der Waals surface area contributed by atoms with Gasteiger partial charge in [-0.05, 0) is 36.3 Å². The van der Waals surface area contributed by atoms with Crippen LogP contribution in [-0.4, -0.2) is 60.7 Å². The molecule has 6 rings (SSSR count). The van der Waals surface area contributed by atoms with Crippen molar-refractivity contribution in [2.24, 2.45) is 0 Å². The van der Waals surface area contributed by atoms with E-state index >= 15 is 4.79 Å². The van der Waals surface area contributed by atoms with Crippen LogP contribution in [0.5, 0.6) is 0 Å². The molecule has 0 aromatic heterocycles. The van der Waals surface area contributed by atoms with Gasteiger partial charge >= 0.3 is 0 Å². The third kappa shape index (κ3) is 5.04. The summed E-state index contributed by atoms with van der Waals surface area (Å²) >= 11 is 8.45. The van der Waals surface area contributed by atoms with Crippen molar-refractivity contribution < 1.29 is 4.79 Å². The summed E-state index contributed by atoms with van der Waals surface area (Å²) in [6.45, 7) is 2.80. The molecule has 4 aromatic rings. The van der Waals surface area contributed by atoms with E-state index in [4.69, 9.17) is 11.6 Å². The molecule has 0 aliphatic carbocycles. The summed E-state index contributed by atoms with van der Waals surface area (Å²) in [5.41, 5.74) is 3.47. The van der Waals surface area contributed by atoms with Crippen LogP contribution < -0.4 is 0 Å². The Bertz CT molecular complexity index is 1380. The van der Waals surface area contributed by atoms with Crippen molar-refractivity contribution in [3.63, 3.8) is 0 Å². The van der Waals surface area contributed by atoms with Gasteiger partial charge in [-0.1, -0.05) is 121 Å². The van der Waals surface area contributed by atoms with E-state index in [1.165, 1.54) is 11.1 Å². The zero-order chi connectivity index (χ0) is 27.7. The van der Waals surface area contributed by atoms with E-state index in [1.807, 2.05) is 24.3 Å². The maximum atomic E-state index is 15.4. The quantitative estimate of drug-likeness (QED) is 0.233. The molecule has 0 bridgehead atoms. The van der Waals surface area contributed by atoms with Gasteiger partial charge in [0.2, 0.25) is 0 Å². The van der Waals surface area contributed by atoms with Crippen LogP contribution >= 0.6 is 24.0 Å². The van der Waals surface area contributed by atoms with Crippen LogP contribution in [-0.2, 0) is 10.2 Å². The summed E-state index contributed by atoms with van der Waals surface area (Å²) in [6, 6.07) is 41.9. The maximum Gasteiger partial charge on any atom is 0.155 e. The molecule has 2 heterocycles. The normalized spacial score (nSPS) is 29.0. The molecule has 2 aliphatic rings. The fourth-order valence-corrected chi connectivity index (χ4v) is 8.19. The van der Waals surface area contributed by atoms with Gasteiger partial charge in [0.05, 0.1) is 16.2 Å². The number of alkyl halides is 1. The number of carbonyl (C=O) groups is 1. The third-order valence-electron chi connectivity index (χ3n) is 9.27. The Balaban J connectivity index is 0.00000337. The van der Waals surface area contributed by atoms with Gasteiger partial charge in [-0.15, -0.1) is 24.0 Å². The number of benzene rings is 4. The molecule has 41 heavy (non-hydrogen) atoms. The number of halogens is 2. The standard InChI is InChI=1S/C36H37ClN2O.ClH/c1-38-24-32(28-17-9-4-10-18-28)36(37,33(25-38)29-19-11-5-12-20-29)35(30-21-13-6-14-22-30)26-39(2)23-31(34(35)40)27-15-7-3-8-16-27;/h3-22,31-33H,23-26H2,1-2H3;1H. The van der Waals surface area contributed by atoms with E-state index < -0.39 is 10.3 Å². The number of carbonyl (C=O) groups excluding carboxylic acids is 1. The van der Waals surface area contributed by atoms with Crippen LogP contribution in [0, 0.1) is 0 Å². The Morgan fingerprint density at radius 2 is 1.02 bits per heavy atom. The van der Waals surface area contributed by atoms with Crippen molar-refractivity contribution in [3.8, 4) is 0 Å². The molecule has 0 N–H and O–H groups in total. The highest BCUT2D eigenvalue weighted by atomic mass is 35.5. The molecule has 4 atom stereocenters. The number of piperidine rings is 2. The highest BCUT2D eigenvalue weighted by molar-refractivity contribution is 6.29. The number of hydrogen-bond donors (Lipinski definition) is 0. The predicted octanol–water partition coefficient (Wildman–Crippen LogP) is 7.14. The first-order valence-corrected chi connectivity index (χ1v) is 14.6. The largest absolute Gasteiger partial charge is 0.305 e. The van der Waals surface area contributed by atoms with Crippen molar-refractivity contribution in [3.05, 3.63) is 144 Å². The smallest absolute Gasteiger partial charge is 0.155 e. The second-order valence-electron chi connectivity index (χ2n) is 11.7. The van der Waals surface area contributed by atoms with E-state index in [0.717, 1.165) is 24.2 Å². The van der Waals surface area contributed by atoms with E-state index in [2.05, 4.69) is 121 Å². The fourth-order valence-electron chi connectivity index (χ4n) is 7.54. The molecule has 0 spiro atoms. The number of Topliss-reactive ketones (excluding diaryl/α,β-unsaturated/α-hetero) is 1. The highest BCUT2D eigenvalue weighted by Gasteiger charge is 2.67. The summed E-state index contributed by atoms with van der Waals surface area (Å²) in [5, 5.41) is 0. The highest BCUT2D eigenvalue weighted by Crippen LogP contribution is 2.61. The van der Waals surface area contributed by atoms with Crippen LogP contribution in [0.3, 0.4) is 0 Å². The van der Waals surface area contributed by atoms with Crippen LogP contribution in [0.15, 0.2) is 121 Å². The van der Waals surface area contributed by atoms with E-state index in [-0.39, 0.29) is 35.9 Å². The van der Waals surface area contributed by atoms with Crippen molar-refractivity contribution in [2.45, 2.75) is 28.0 Å². The third-order valence-corrected chi connectivity index (χ3v) is 10.1. The second kappa shape index (κ2) is 12.1. The zero-order valence-corrected chi connectivity index (χ0v) is 25.3. The number of likely N-dealkylation sites (N-methyl/N-ethyl adjacent to an activating group) is 2. The molecule has 2 saturated heterocycles. The molecular weight excluding hydrogens is 547 g/mol. The Morgan fingerprint density at radius 1 is 0.610 bits per heavy atom. The summed E-state index contributed by atoms with van der Waals surface area (Å²) in [4.78, 5) is 19.2. The summed E-state index contributed by atoms with van der Waals surface area (Å²) in [6.07, 6.45) is 0. The Kier molecular flexibility index (Phi) is 8.73. The number of likely N-dealkylation sites (tertiary alicyclic amines) is 2. The first kappa shape index (κ1) is 29.5. The Labute approximate surface area is 255 Å². The molecule has 4 unspecified atom stereocenters. The zero-order valence-electron chi connectivity index (χ0n) is 23.7. The van der Waals surface area contributed by atoms with Gasteiger partial charge in [0.25, 0.3) is 0 Å². The number of hydrogen-bond acceptors (Lipinski definition) is 3. The lowest BCUT2D eigenvalue weighted by molar-refractivity contribution is -0.133. The first-order chi connectivity index (χ1) is 19.4. The molecule has 212 valence electrons. The summed E-state index contributed by atoms with van der Waals surface area (Å²) < 4.78 is 0. The molecule has 2 aliphatic heterocycles. The number of nitrogens with zero attached hydrogens (tertiary/aromatic N) is 2. The molecule has 0 amide bonds. The fraction of sp³-hybridized carbons (Fsp3) is 0.306. The van der Waals surface area contributed by atoms with Crippen LogP contribution in [0.25, 0.3) is 0 Å². The number of rotatable bonds is 5. The van der Waals surface area contributed by atoms with Crippen molar-refractivity contribution in [1.82, 2.24) is 9.80 Å². The minimum absolute atomic E-state index is 0. The lowest BCUT2D eigenvalue weighted by Gasteiger charge is -2.61. The number of ketones is 1. The topological polar surface area (TPSA) is 23.6 Å². The molecule has 0 saturated carbocycles. The average Bonchev–Trinajstić information content (AvgIpc) is 3.01. The predicted molar refractivity (Wildman–Crippen MR) is 172 cm³/mol. The van der Waals surface area contributed by atoms with Gasteiger partial charge < -0.3 is 9.80 Å². The van der Waals surface area contributed by atoms with Crippen LogP contribution in [0.2, 0.25) is 0 Å². The van der Waals surface area contributed by atoms with Gasteiger partial charge in [0, 0.05) is 38.0 Å². The van der Waals surface area contributed by atoms with E-state index in [1.54, 1.807) is 0 Å². The SMILES string of the molecule is CN1CC(c2ccccc2)C(Cl)(C2(c3ccccc3)CN(C)CC(c3ccccc3)C2=O)C(c2ccccc2)C1.Cl. The summed E-state index contributed by atoms with van der Waals surface area (Å²) in [7, 11) is 4.32. The van der Waals surface area contributed by atoms with Crippen LogP contribution in [0.1, 0.15) is 40.0 Å². The average molecular weight is 586 g/mol. The Morgan fingerprint density at radius 3 is 1.49 bits per heavy atom.